The first-order valence-electron chi connectivity index (χ1n) is 23.5. The number of hydrogen-bond acceptors (Lipinski definition) is 0. The van der Waals surface area contributed by atoms with Crippen LogP contribution < -0.4 is 17.0 Å². The van der Waals surface area contributed by atoms with E-state index in [0.29, 0.717) is 6.04 Å². The third-order valence-corrected chi connectivity index (χ3v) is 12.0. The van der Waals surface area contributed by atoms with Gasteiger partial charge < -0.3 is 12.4 Å². The van der Waals surface area contributed by atoms with Crippen molar-refractivity contribution in [3.05, 3.63) is 18.7 Å². The fourth-order valence-electron chi connectivity index (χ4n) is 8.42. The van der Waals surface area contributed by atoms with Crippen molar-refractivity contribution in [2.45, 2.75) is 265 Å². The van der Waals surface area contributed by atoms with Crippen molar-refractivity contribution < 1.29 is 17.0 Å². The van der Waals surface area contributed by atoms with E-state index in [0.717, 1.165) is 17.8 Å². The lowest BCUT2D eigenvalue weighted by atomic mass is 9.88. The number of aromatic nitrogens is 2. The fraction of sp³-hybridized carbons (Fsp3) is 0.938. The van der Waals surface area contributed by atoms with E-state index in [1.165, 1.54) is 225 Å². The predicted molar refractivity (Wildman–Crippen MR) is 225 cm³/mol. The molecule has 0 bridgehead atoms. The summed E-state index contributed by atoms with van der Waals surface area (Å²) in [6.07, 6.45) is 57.6. The van der Waals surface area contributed by atoms with Crippen molar-refractivity contribution in [1.29, 1.82) is 0 Å². The van der Waals surface area contributed by atoms with Crippen LogP contribution in [-0.4, -0.2) is 4.57 Å². The zero-order valence-electron chi connectivity index (χ0n) is 36.1. The van der Waals surface area contributed by atoms with E-state index in [-0.39, 0.29) is 12.4 Å². The number of imidazole rings is 1. The average Bonchev–Trinajstić information content (AvgIpc) is 3.54. The fourth-order valence-corrected chi connectivity index (χ4v) is 8.42. The minimum atomic E-state index is 0. The van der Waals surface area contributed by atoms with Gasteiger partial charge in [0.15, 0.2) is 0 Å². The maximum atomic E-state index is 2.54. The van der Waals surface area contributed by atoms with E-state index in [1.54, 1.807) is 0 Å². The smallest absolute Gasteiger partial charge is 0.243 e. The summed E-state index contributed by atoms with van der Waals surface area (Å²) in [6, 6.07) is 0.676. The molecule has 0 aliphatic heterocycles. The molecule has 304 valence electrons. The quantitative estimate of drug-likeness (QED) is 0.0470. The maximum Gasteiger partial charge on any atom is 0.243 e. The van der Waals surface area contributed by atoms with Crippen molar-refractivity contribution in [1.82, 2.24) is 4.57 Å². The lowest BCUT2D eigenvalue weighted by molar-refractivity contribution is -0.724. The van der Waals surface area contributed by atoms with Crippen LogP contribution in [0.5, 0.6) is 0 Å². The normalized spacial score (nSPS) is 12.9. The van der Waals surface area contributed by atoms with Crippen LogP contribution in [0.3, 0.4) is 0 Å². The van der Waals surface area contributed by atoms with Crippen molar-refractivity contribution >= 4 is 0 Å². The number of halogens is 1. The van der Waals surface area contributed by atoms with Crippen molar-refractivity contribution in [3.8, 4) is 0 Å². The molecule has 0 saturated heterocycles. The Balaban J connectivity index is 0.0000250. The summed E-state index contributed by atoms with van der Waals surface area (Å²) in [5.41, 5.74) is 0. The highest BCUT2D eigenvalue weighted by molar-refractivity contribution is 4.68. The second kappa shape index (κ2) is 37.8. The van der Waals surface area contributed by atoms with Gasteiger partial charge in [-0.3, -0.25) is 0 Å². The largest absolute Gasteiger partial charge is 1.00 e. The Kier molecular flexibility index (Phi) is 37.4. The molecule has 0 radical (unpaired) electrons. The summed E-state index contributed by atoms with van der Waals surface area (Å²) >= 11 is 0. The molecule has 1 rings (SSSR count). The molecule has 0 aromatic carbocycles. The molecule has 0 N–H and O–H groups in total. The molecule has 1 heterocycles. The molecular formula is C48H95ClN2. The van der Waals surface area contributed by atoms with Crippen LogP contribution in [0, 0.1) is 17.8 Å². The number of rotatable bonds is 39. The molecule has 2 unspecified atom stereocenters. The molecule has 2 atom stereocenters. The minimum Gasteiger partial charge on any atom is -1.00 e. The summed E-state index contributed by atoms with van der Waals surface area (Å²) in [4.78, 5) is 0. The first kappa shape index (κ1) is 50.5. The second-order valence-corrected chi connectivity index (χ2v) is 17.7. The molecule has 0 spiro atoms. The molecule has 2 nitrogen and oxygen atoms in total. The van der Waals surface area contributed by atoms with Crippen LogP contribution in [0.4, 0.5) is 0 Å². The highest BCUT2D eigenvalue weighted by Gasteiger charge is 2.18. The van der Waals surface area contributed by atoms with Crippen molar-refractivity contribution in [3.63, 3.8) is 0 Å². The van der Waals surface area contributed by atoms with Crippen LogP contribution in [-0.2, 0) is 7.05 Å². The van der Waals surface area contributed by atoms with E-state index in [1.807, 2.05) is 0 Å². The topological polar surface area (TPSA) is 8.81 Å². The highest BCUT2D eigenvalue weighted by atomic mass is 35.5. The van der Waals surface area contributed by atoms with Gasteiger partial charge in [0.2, 0.25) is 6.33 Å². The average molecular weight is 736 g/mol. The number of unbranched alkanes of at least 4 members (excludes halogenated alkanes) is 23. The van der Waals surface area contributed by atoms with E-state index in [2.05, 4.69) is 69.5 Å². The maximum absolute atomic E-state index is 2.54. The van der Waals surface area contributed by atoms with Gasteiger partial charge in [0.25, 0.3) is 0 Å². The van der Waals surface area contributed by atoms with Crippen LogP contribution in [0.25, 0.3) is 0 Å². The molecule has 0 fully saturated rings. The second-order valence-electron chi connectivity index (χ2n) is 17.7. The lowest BCUT2D eigenvalue weighted by Gasteiger charge is -2.19. The lowest BCUT2D eigenvalue weighted by Crippen LogP contribution is -3.00. The summed E-state index contributed by atoms with van der Waals surface area (Å²) in [5, 5.41) is 0. The zero-order valence-corrected chi connectivity index (χ0v) is 36.8. The monoisotopic (exact) mass is 735 g/mol. The molecule has 0 aliphatic rings. The van der Waals surface area contributed by atoms with Crippen LogP contribution >= 0.6 is 0 Å². The molecule has 0 amide bonds. The Morgan fingerprint density at radius 1 is 0.431 bits per heavy atom. The van der Waals surface area contributed by atoms with Crippen molar-refractivity contribution in [2.24, 2.45) is 24.8 Å². The molecule has 51 heavy (non-hydrogen) atoms. The Morgan fingerprint density at radius 3 is 1.22 bits per heavy atom. The predicted octanol–water partition coefficient (Wildman–Crippen LogP) is 13.5. The van der Waals surface area contributed by atoms with Gasteiger partial charge in [0, 0.05) is 0 Å². The Morgan fingerprint density at radius 2 is 0.824 bits per heavy atom. The molecular weight excluding hydrogens is 640 g/mol. The highest BCUT2D eigenvalue weighted by Crippen LogP contribution is 2.27. The van der Waals surface area contributed by atoms with Crippen LogP contribution in [0.15, 0.2) is 18.7 Å². The van der Waals surface area contributed by atoms with Crippen LogP contribution in [0.1, 0.15) is 265 Å². The first-order chi connectivity index (χ1) is 24.5. The van der Waals surface area contributed by atoms with Gasteiger partial charge in [-0.15, -0.1) is 0 Å². The minimum absolute atomic E-state index is 0. The van der Waals surface area contributed by atoms with Gasteiger partial charge in [0.05, 0.1) is 7.05 Å². The molecule has 0 aliphatic carbocycles. The van der Waals surface area contributed by atoms with Gasteiger partial charge in [0.1, 0.15) is 18.4 Å². The number of aryl methyl sites for hydroxylation is 1. The van der Waals surface area contributed by atoms with Gasteiger partial charge in [-0.05, 0) is 43.4 Å². The summed E-state index contributed by atoms with van der Waals surface area (Å²) in [6.45, 7) is 11.9. The third-order valence-electron chi connectivity index (χ3n) is 12.0. The van der Waals surface area contributed by atoms with Gasteiger partial charge in [-0.1, -0.05) is 234 Å². The summed E-state index contributed by atoms with van der Waals surface area (Å²) < 4.78 is 4.77. The summed E-state index contributed by atoms with van der Waals surface area (Å²) in [7, 11) is 2.18. The molecule has 1 aromatic rings. The van der Waals surface area contributed by atoms with Gasteiger partial charge >= 0.3 is 0 Å². The van der Waals surface area contributed by atoms with Gasteiger partial charge in [-0.25, -0.2) is 9.13 Å². The number of hydrogen-bond donors (Lipinski definition) is 0. The van der Waals surface area contributed by atoms with E-state index < -0.39 is 0 Å². The molecule has 0 saturated carbocycles. The van der Waals surface area contributed by atoms with E-state index in [4.69, 9.17) is 0 Å². The first-order valence-corrected chi connectivity index (χ1v) is 23.5. The Labute approximate surface area is 329 Å². The van der Waals surface area contributed by atoms with Crippen molar-refractivity contribution in [2.75, 3.05) is 0 Å². The molecule has 3 heteroatoms. The van der Waals surface area contributed by atoms with E-state index >= 15 is 0 Å². The SMILES string of the molecule is CCCCCCCCCCCCCCC(CCCCCCCCCCCCCC)CCCCC(CCC(C)CCCC(C)C)[n+]1ccn(C)c1.[Cl-]. The van der Waals surface area contributed by atoms with Crippen LogP contribution in [0.2, 0.25) is 0 Å². The van der Waals surface area contributed by atoms with Gasteiger partial charge in [-0.2, -0.15) is 0 Å². The van der Waals surface area contributed by atoms with E-state index in [9.17, 15) is 0 Å². The zero-order chi connectivity index (χ0) is 36.3. The Hall–Kier alpha value is -0.500. The third kappa shape index (κ3) is 32.6. The summed E-state index contributed by atoms with van der Waals surface area (Å²) in [5.74, 6) is 2.68. The standard InChI is InChI=1S/C48H95N2.ClH/c1-7-9-11-13-15-17-19-21-23-25-27-29-36-47(37-30-28-26-24-22-20-18-16-14-12-10-8-2)38-31-32-39-48(50-43-42-49(6)44-50)41-40-46(5)35-33-34-45(3)4;/h42-48H,7-41H2,1-6H3;1H/q+1;/p-1. The molecule has 1 aromatic heterocycles. The number of nitrogens with zero attached hydrogens (tertiary/aromatic N) is 2. The Bertz CT molecular complexity index is 775.